The molecule has 0 fully saturated rings. The molecule has 1 aliphatic heterocycles. The molecule has 0 bridgehead atoms. The number of rotatable bonds is 4. The van der Waals surface area contributed by atoms with Gasteiger partial charge >= 0.3 is 0 Å². The highest BCUT2D eigenvalue weighted by Crippen LogP contribution is 2.23. The Balaban J connectivity index is 1.54. The van der Waals surface area contributed by atoms with Gasteiger partial charge in [0.2, 0.25) is 0 Å². The largest absolute Gasteiger partial charge is 0.392 e. The predicted octanol–water partition coefficient (Wildman–Crippen LogP) is 4.38. The molecule has 104 valence electrons. The fourth-order valence-electron chi connectivity index (χ4n) is 2.60. The standard InChI is InChI=1S/C17H18FNO/c18-15-8-4-7-14(11-15)17-12-16(20-19-17)10-9-13-5-2-1-3-6-13/h2,4-8,11,16H,1,3,9-10,12H2. The number of allylic oxidation sites excluding steroid dienone is 4. The third kappa shape index (κ3) is 3.16. The molecule has 0 saturated carbocycles. The van der Waals surface area contributed by atoms with E-state index in [1.807, 2.05) is 6.07 Å². The molecule has 1 aromatic carbocycles. The van der Waals surface area contributed by atoms with Gasteiger partial charge in [-0.1, -0.05) is 41.1 Å². The summed E-state index contributed by atoms with van der Waals surface area (Å²) >= 11 is 0. The lowest BCUT2D eigenvalue weighted by atomic mass is 9.98. The Bertz CT molecular complexity index is 574. The van der Waals surface area contributed by atoms with Crippen molar-refractivity contribution in [3.63, 3.8) is 0 Å². The Morgan fingerprint density at radius 3 is 3.05 bits per heavy atom. The lowest BCUT2D eigenvalue weighted by Gasteiger charge is -2.10. The van der Waals surface area contributed by atoms with Crippen LogP contribution in [0.3, 0.4) is 0 Å². The van der Waals surface area contributed by atoms with Crippen LogP contribution < -0.4 is 0 Å². The Morgan fingerprint density at radius 2 is 2.25 bits per heavy atom. The van der Waals surface area contributed by atoms with Gasteiger partial charge in [0, 0.05) is 12.0 Å². The summed E-state index contributed by atoms with van der Waals surface area (Å²) in [6, 6.07) is 6.54. The van der Waals surface area contributed by atoms with Crippen molar-refractivity contribution >= 4 is 5.71 Å². The van der Waals surface area contributed by atoms with Crippen LogP contribution in [-0.4, -0.2) is 11.8 Å². The Labute approximate surface area is 118 Å². The maximum Gasteiger partial charge on any atom is 0.133 e. The third-order valence-electron chi connectivity index (χ3n) is 3.72. The van der Waals surface area contributed by atoms with Crippen LogP contribution in [0.25, 0.3) is 0 Å². The zero-order chi connectivity index (χ0) is 13.8. The van der Waals surface area contributed by atoms with E-state index in [0.717, 1.165) is 43.4 Å². The molecule has 3 heteroatoms. The molecule has 1 atom stereocenters. The quantitative estimate of drug-likeness (QED) is 0.796. The number of halogens is 1. The highest BCUT2D eigenvalue weighted by Gasteiger charge is 2.22. The van der Waals surface area contributed by atoms with Crippen LogP contribution in [0.5, 0.6) is 0 Å². The minimum atomic E-state index is -0.230. The molecule has 3 rings (SSSR count). The molecule has 1 unspecified atom stereocenters. The Morgan fingerprint density at radius 1 is 1.30 bits per heavy atom. The van der Waals surface area contributed by atoms with Crippen LogP contribution >= 0.6 is 0 Å². The smallest absolute Gasteiger partial charge is 0.133 e. The summed E-state index contributed by atoms with van der Waals surface area (Å²) in [5, 5.41) is 4.10. The molecular weight excluding hydrogens is 253 g/mol. The molecule has 0 N–H and O–H groups in total. The van der Waals surface area contributed by atoms with Gasteiger partial charge in [-0.15, -0.1) is 0 Å². The second-order valence-corrected chi connectivity index (χ2v) is 5.28. The predicted molar refractivity (Wildman–Crippen MR) is 78.1 cm³/mol. The number of hydrogen-bond acceptors (Lipinski definition) is 2. The molecule has 1 heterocycles. The lowest BCUT2D eigenvalue weighted by molar-refractivity contribution is 0.0795. The fourth-order valence-corrected chi connectivity index (χ4v) is 2.60. The van der Waals surface area contributed by atoms with Crippen molar-refractivity contribution in [3.05, 3.63) is 59.4 Å². The summed E-state index contributed by atoms with van der Waals surface area (Å²) in [6.45, 7) is 0. The van der Waals surface area contributed by atoms with Crippen molar-refractivity contribution in [2.45, 2.75) is 38.2 Å². The zero-order valence-electron chi connectivity index (χ0n) is 11.4. The van der Waals surface area contributed by atoms with Gasteiger partial charge in [-0.25, -0.2) is 4.39 Å². The van der Waals surface area contributed by atoms with E-state index in [1.54, 1.807) is 6.07 Å². The van der Waals surface area contributed by atoms with Gasteiger partial charge in [0.15, 0.2) is 0 Å². The zero-order valence-corrected chi connectivity index (χ0v) is 11.4. The van der Waals surface area contributed by atoms with E-state index in [-0.39, 0.29) is 11.9 Å². The van der Waals surface area contributed by atoms with Crippen LogP contribution in [0.2, 0.25) is 0 Å². The van der Waals surface area contributed by atoms with Gasteiger partial charge < -0.3 is 4.84 Å². The summed E-state index contributed by atoms with van der Waals surface area (Å²) in [6.07, 6.45) is 11.9. The molecule has 0 aromatic heterocycles. The normalized spacial score (nSPS) is 21.4. The number of benzene rings is 1. The summed E-state index contributed by atoms with van der Waals surface area (Å²) in [4.78, 5) is 5.47. The second-order valence-electron chi connectivity index (χ2n) is 5.28. The highest BCUT2D eigenvalue weighted by molar-refractivity contribution is 6.01. The van der Waals surface area contributed by atoms with Crippen LogP contribution in [0.15, 0.2) is 53.2 Å². The minimum Gasteiger partial charge on any atom is -0.392 e. The first-order valence-corrected chi connectivity index (χ1v) is 7.15. The highest BCUT2D eigenvalue weighted by atomic mass is 19.1. The van der Waals surface area contributed by atoms with Crippen LogP contribution in [0.1, 0.15) is 37.7 Å². The summed E-state index contributed by atoms with van der Waals surface area (Å²) in [5.41, 5.74) is 3.06. The van der Waals surface area contributed by atoms with E-state index in [1.165, 1.54) is 17.7 Å². The van der Waals surface area contributed by atoms with Crippen molar-refractivity contribution in [2.75, 3.05) is 0 Å². The third-order valence-corrected chi connectivity index (χ3v) is 3.72. The molecule has 0 saturated heterocycles. The van der Waals surface area contributed by atoms with Crippen LogP contribution in [-0.2, 0) is 4.84 Å². The molecule has 1 aliphatic carbocycles. The molecule has 2 aliphatic rings. The molecule has 0 radical (unpaired) electrons. The van der Waals surface area contributed by atoms with Gasteiger partial charge in [0.05, 0.1) is 5.71 Å². The lowest BCUT2D eigenvalue weighted by Crippen LogP contribution is -2.09. The van der Waals surface area contributed by atoms with E-state index in [0.29, 0.717) is 0 Å². The van der Waals surface area contributed by atoms with Gasteiger partial charge in [-0.05, 0) is 37.8 Å². The maximum atomic E-state index is 13.2. The van der Waals surface area contributed by atoms with Crippen molar-refractivity contribution in [1.29, 1.82) is 0 Å². The van der Waals surface area contributed by atoms with E-state index in [2.05, 4.69) is 23.4 Å². The first-order valence-electron chi connectivity index (χ1n) is 7.15. The van der Waals surface area contributed by atoms with Crippen LogP contribution in [0.4, 0.5) is 4.39 Å². The van der Waals surface area contributed by atoms with Gasteiger partial charge in [-0.3, -0.25) is 0 Å². The first kappa shape index (κ1) is 13.1. The molecule has 0 spiro atoms. The van der Waals surface area contributed by atoms with E-state index < -0.39 is 0 Å². The number of nitrogens with zero attached hydrogens (tertiary/aromatic N) is 1. The minimum absolute atomic E-state index is 0.115. The maximum absolute atomic E-state index is 13.2. The Hall–Kier alpha value is -1.90. The van der Waals surface area contributed by atoms with Crippen molar-refractivity contribution < 1.29 is 9.23 Å². The monoisotopic (exact) mass is 271 g/mol. The van der Waals surface area contributed by atoms with E-state index in [9.17, 15) is 4.39 Å². The molecule has 2 nitrogen and oxygen atoms in total. The van der Waals surface area contributed by atoms with E-state index in [4.69, 9.17) is 4.84 Å². The molecule has 20 heavy (non-hydrogen) atoms. The van der Waals surface area contributed by atoms with Crippen molar-refractivity contribution in [3.8, 4) is 0 Å². The van der Waals surface area contributed by atoms with Gasteiger partial charge in [0.1, 0.15) is 11.9 Å². The number of oxime groups is 1. The van der Waals surface area contributed by atoms with Crippen LogP contribution in [0, 0.1) is 5.82 Å². The van der Waals surface area contributed by atoms with Crippen molar-refractivity contribution in [2.24, 2.45) is 5.16 Å². The molecule has 0 amide bonds. The summed E-state index contributed by atoms with van der Waals surface area (Å²) < 4.78 is 13.2. The van der Waals surface area contributed by atoms with Gasteiger partial charge in [0.25, 0.3) is 0 Å². The first-order chi connectivity index (χ1) is 9.81. The van der Waals surface area contributed by atoms with E-state index >= 15 is 0 Å². The average Bonchev–Trinajstić information content (AvgIpc) is 2.95. The fraction of sp³-hybridized carbons (Fsp3) is 0.353. The van der Waals surface area contributed by atoms with Crippen molar-refractivity contribution in [1.82, 2.24) is 0 Å². The second kappa shape index (κ2) is 6.04. The average molecular weight is 271 g/mol. The topological polar surface area (TPSA) is 21.6 Å². The van der Waals surface area contributed by atoms with Gasteiger partial charge in [-0.2, -0.15) is 0 Å². The number of hydrogen-bond donors (Lipinski definition) is 0. The molecule has 1 aromatic rings. The Kier molecular flexibility index (Phi) is 3.95. The summed E-state index contributed by atoms with van der Waals surface area (Å²) in [7, 11) is 0. The summed E-state index contributed by atoms with van der Waals surface area (Å²) in [5.74, 6) is -0.230. The molecular formula is C17H18FNO. The SMILES string of the molecule is Fc1cccc(C2=NOC(CCC3=CCCC=C3)C2)c1.